The molecule has 0 fully saturated rings. The van der Waals surface area contributed by atoms with E-state index in [0.29, 0.717) is 0 Å². The molecule has 5 nitrogen and oxygen atoms in total. The van der Waals surface area contributed by atoms with E-state index in [9.17, 15) is 9.59 Å². The molecule has 1 atom stereocenters. The van der Waals surface area contributed by atoms with Gasteiger partial charge in [-0.15, -0.1) is 0 Å². The van der Waals surface area contributed by atoms with Gasteiger partial charge < -0.3 is 14.8 Å². The summed E-state index contributed by atoms with van der Waals surface area (Å²) in [5, 5.41) is 2.80. The van der Waals surface area contributed by atoms with Gasteiger partial charge >= 0.3 is 5.97 Å². The lowest BCUT2D eigenvalue weighted by Crippen LogP contribution is -2.31. The van der Waals surface area contributed by atoms with Gasteiger partial charge in [-0.3, -0.25) is 9.59 Å². The van der Waals surface area contributed by atoms with Crippen LogP contribution in [0.25, 0.3) is 0 Å². The number of esters is 1. The summed E-state index contributed by atoms with van der Waals surface area (Å²) in [6, 6.07) is 15.1. The van der Waals surface area contributed by atoms with Gasteiger partial charge in [0.2, 0.25) is 0 Å². The SMILES string of the molecule is Cc1ccccc1OCCC(=O)OCC(=O)NC(C)c1ccc(Br)cc1. The maximum absolute atomic E-state index is 11.9. The monoisotopic (exact) mass is 419 g/mol. The number of carbonyl (C=O) groups excluding carboxylic acids is 2. The number of hydrogen-bond acceptors (Lipinski definition) is 4. The Bertz CT molecular complexity index is 746. The number of para-hydroxylation sites is 1. The topological polar surface area (TPSA) is 64.6 Å². The number of carbonyl (C=O) groups is 2. The van der Waals surface area contributed by atoms with E-state index in [4.69, 9.17) is 9.47 Å². The largest absolute Gasteiger partial charge is 0.493 e. The van der Waals surface area contributed by atoms with Gasteiger partial charge in [0.25, 0.3) is 5.91 Å². The van der Waals surface area contributed by atoms with Crippen molar-refractivity contribution in [1.82, 2.24) is 5.32 Å². The Hall–Kier alpha value is -2.34. The molecular weight excluding hydrogens is 398 g/mol. The predicted octanol–water partition coefficient (Wildman–Crippen LogP) is 3.95. The third kappa shape index (κ3) is 6.52. The smallest absolute Gasteiger partial charge is 0.309 e. The van der Waals surface area contributed by atoms with E-state index in [1.165, 1.54) is 0 Å². The van der Waals surface area contributed by atoms with Crippen LogP contribution < -0.4 is 10.1 Å². The van der Waals surface area contributed by atoms with Crippen LogP contribution in [0.4, 0.5) is 0 Å². The number of hydrogen-bond donors (Lipinski definition) is 1. The molecule has 0 spiro atoms. The first kappa shape index (κ1) is 20.0. The highest BCUT2D eigenvalue weighted by atomic mass is 79.9. The molecule has 6 heteroatoms. The summed E-state index contributed by atoms with van der Waals surface area (Å²) in [5.41, 5.74) is 1.97. The fourth-order valence-corrected chi connectivity index (χ4v) is 2.56. The molecule has 2 aromatic carbocycles. The molecule has 138 valence electrons. The number of ether oxygens (including phenoxy) is 2. The van der Waals surface area contributed by atoms with Gasteiger partial charge in [-0.05, 0) is 43.2 Å². The van der Waals surface area contributed by atoms with E-state index in [1.54, 1.807) is 0 Å². The Morgan fingerprint density at radius 2 is 1.81 bits per heavy atom. The fraction of sp³-hybridized carbons (Fsp3) is 0.300. The van der Waals surface area contributed by atoms with Crippen LogP contribution in [0.15, 0.2) is 53.0 Å². The molecule has 1 unspecified atom stereocenters. The molecule has 0 aliphatic rings. The quantitative estimate of drug-likeness (QED) is 0.657. The molecule has 2 rings (SSSR count). The maximum Gasteiger partial charge on any atom is 0.309 e. The zero-order valence-electron chi connectivity index (χ0n) is 14.8. The minimum absolute atomic E-state index is 0.0872. The summed E-state index contributed by atoms with van der Waals surface area (Å²) < 4.78 is 11.5. The summed E-state index contributed by atoms with van der Waals surface area (Å²) in [6.45, 7) is 3.72. The molecule has 0 heterocycles. The van der Waals surface area contributed by atoms with Crippen LogP contribution in [-0.4, -0.2) is 25.1 Å². The molecule has 0 aliphatic carbocycles. The highest BCUT2D eigenvalue weighted by Crippen LogP contribution is 2.17. The van der Waals surface area contributed by atoms with Crippen LogP contribution in [0.5, 0.6) is 5.75 Å². The van der Waals surface area contributed by atoms with Crippen molar-refractivity contribution in [3.05, 3.63) is 64.1 Å². The lowest BCUT2D eigenvalue weighted by atomic mass is 10.1. The van der Waals surface area contributed by atoms with Gasteiger partial charge in [0.05, 0.1) is 19.1 Å². The second kappa shape index (κ2) is 9.97. The summed E-state index contributed by atoms with van der Waals surface area (Å²) in [6.07, 6.45) is 0.0872. The van der Waals surface area contributed by atoms with Crippen molar-refractivity contribution >= 4 is 27.8 Å². The summed E-state index contributed by atoms with van der Waals surface area (Å²) in [4.78, 5) is 23.6. The zero-order chi connectivity index (χ0) is 18.9. The standard InChI is InChI=1S/C20H22BrNO4/c1-14-5-3-4-6-18(14)25-12-11-20(24)26-13-19(23)22-15(2)16-7-9-17(21)10-8-16/h3-10,15H,11-13H2,1-2H3,(H,22,23). The third-order valence-corrected chi connectivity index (χ3v) is 4.30. The van der Waals surface area contributed by atoms with E-state index in [2.05, 4.69) is 21.2 Å². The highest BCUT2D eigenvalue weighted by molar-refractivity contribution is 9.10. The van der Waals surface area contributed by atoms with Crippen molar-refractivity contribution in [2.75, 3.05) is 13.2 Å². The molecule has 1 amide bonds. The molecule has 26 heavy (non-hydrogen) atoms. The normalized spacial score (nSPS) is 11.5. The molecular formula is C20H22BrNO4. The van der Waals surface area contributed by atoms with Crippen LogP contribution in [0.2, 0.25) is 0 Å². The molecule has 1 N–H and O–H groups in total. The number of nitrogens with one attached hydrogen (secondary N) is 1. The molecule has 0 radical (unpaired) electrons. The van der Waals surface area contributed by atoms with Crippen LogP contribution in [-0.2, 0) is 14.3 Å². The first-order valence-corrected chi connectivity index (χ1v) is 9.14. The predicted molar refractivity (Wildman–Crippen MR) is 103 cm³/mol. The fourth-order valence-electron chi connectivity index (χ4n) is 2.30. The van der Waals surface area contributed by atoms with E-state index in [-0.39, 0.29) is 31.6 Å². The first-order valence-electron chi connectivity index (χ1n) is 8.34. The van der Waals surface area contributed by atoms with E-state index < -0.39 is 5.97 Å². The maximum atomic E-state index is 11.9. The van der Waals surface area contributed by atoms with Crippen molar-refractivity contribution in [2.24, 2.45) is 0 Å². The third-order valence-electron chi connectivity index (χ3n) is 3.77. The van der Waals surface area contributed by atoms with E-state index in [1.807, 2.05) is 62.4 Å². The first-order chi connectivity index (χ1) is 12.5. The van der Waals surface area contributed by atoms with Gasteiger partial charge in [0.1, 0.15) is 5.75 Å². The zero-order valence-corrected chi connectivity index (χ0v) is 16.4. The lowest BCUT2D eigenvalue weighted by Gasteiger charge is -2.14. The number of amides is 1. The second-order valence-electron chi connectivity index (χ2n) is 5.87. The van der Waals surface area contributed by atoms with Gasteiger partial charge in [0, 0.05) is 4.47 Å². The average molecular weight is 420 g/mol. The minimum Gasteiger partial charge on any atom is -0.493 e. The summed E-state index contributed by atoms with van der Waals surface area (Å²) in [7, 11) is 0. The highest BCUT2D eigenvalue weighted by Gasteiger charge is 2.12. The Kier molecular flexibility index (Phi) is 7.66. The van der Waals surface area contributed by atoms with Gasteiger partial charge in [-0.1, -0.05) is 46.3 Å². The van der Waals surface area contributed by atoms with E-state index in [0.717, 1.165) is 21.3 Å². The molecule has 2 aromatic rings. The number of rotatable bonds is 8. The lowest BCUT2D eigenvalue weighted by molar-refractivity contribution is -0.149. The Morgan fingerprint density at radius 3 is 2.50 bits per heavy atom. The average Bonchev–Trinajstić information content (AvgIpc) is 2.62. The molecule has 0 saturated carbocycles. The second-order valence-corrected chi connectivity index (χ2v) is 6.78. The number of aryl methyl sites for hydroxylation is 1. The molecule has 0 bridgehead atoms. The van der Waals surface area contributed by atoms with Gasteiger partial charge in [-0.2, -0.15) is 0 Å². The van der Waals surface area contributed by atoms with Crippen LogP contribution >= 0.6 is 15.9 Å². The minimum atomic E-state index is -0.468. The Labute approximate surface area is 161 Å². The van der Waals surface area contributed by atoms with Crippen LogP contribution in [0.1, 0.15) is 30.5 Å². The Morgan fingerprint density at radius 1 is 1.12 bits per heavy atom. The van der Waals surface area contributed by atoms with Crippen LogP contribution in [0, 0.1) is 6.92 Å². The molecule has 0 saturated heterocycles. The molecule has 0 aromatic heterocycles. The van der Waals surface area contributed by atoms with Crippen molar-refractivity contribution in [1.29, 1.82) is 0 Å². The number of benzene rings is 2. The van der Waals surface area contributed by atoms with Gasteiger partial charge in [-0.25, -0.2) is 0 Å². The van der Waals surface area contributed by atoms with Crippen molar-refractivity contribution < 1.29 is 19.1 Å². The van der Waals surface area contributed by atoms with E-state index >= 15 is 0 Å². The summed E-state index contributed by atoms with van der Waals surface area (Å²) >= 11 is 3.37. The van der Waals surface area contributed by atoms with Crippen LogP contribution in [0.3, 0.4) is 0 Å². The van der Waals surface area contributed by atoms with Crippen molar-refractivity contribution in [2.45, 2.75) is 26.3 Å². The van der Waals surface area contributed by atoms with Crippen molar-refractivity contribution in [3.8, 4) is 5.75 Å². The Balaban J connectivity index is 1.67. The molecule has 0 aliphatic heterocycles. The van der Waals surface area contributed by atoms with Gasteiger partial charge in [0.15, 0.2) is 6.61 Å². The number of halogens is 1. The van der Waals surface area contributed by atoms with Crippen molar-refractivity contribution in [3.63, 3.8) is 0 Å². The summed E-state index contributed by atoms with van der Waals surface area (Å²) in [5.74, 6) is -0.0695.